The van der Waals surface area contributed by atoms with Crippen LogP contribution in [0.4, 0.5) is 5.69 Å². The lowest BCUT2D eigenvalue weighted by molar-refractivity contribution is -0.116. The van der Waals surface area contributed by atoms with Gasteiger partial charge >= 0.3 is 0 Å². The fraction of sp³-hybridized carbons (Fsp3) is 0.632. The highest BCUT2D eigenvalue weighted by molar-refractivity contribution is 7.89. The molecule has 3 rings (SSSR count). The zero-order chi connectivity index (χ0) is 18.4. The minimum atomic E-state index is -3.53. The Morgan fingerprint density at radius 2 is 1.77 bits per heavy atom. The molecule has 1 amide bonds. The van der Waals surface area contributed by atoms with Crippen LogP contribution in [0, 0.1) is 0 Å². The van der Waals surface area contributed by atoms with Gasteiger partial charge in [-0.05, 0) is 49.4 Å². The SMILES string of the molecule is O=C1CCCc2cc(S(=O)(=O)NCCNC3CCCCCC3)ccc2N1. The number of anilines is 1. The quantitative estimate of drug-likeness (QED) is 0.524. The van der Waals surface area contributed by atoms with E-state index in [9.17, 15) is 13.2 Å². The number of amides is 1. The van der Waals surface area contributed by atoms with Crippen molar-refractivity contribution in [3.05, 3.63) is 23.8 Å². The number of rotatable bonds is 6. The van der Waals surface area contributed by atoms with E-state index < -0.39 is 10.0 Å². The second-order valence-corrected chi connectivity index (χ2v) is 9.03. The average molecular weight is 380 g/mol. The number of sulfonamides is 1. The van der Waals surface area contributed by atoms with Gasteiger partial charge in [0.05, 0.1) is 4.90 Å². The van der Waals surface area contributed by atoms with Gasteiger partial charge in [0, 0.05) is 31.2 Å². The monoisotopic (exact) mass is 379 g/mol. The fourth-order valence-corrected chi connectivity index (χ4v) is 4.83. The lowest BCUT2D eigenvalue weighted by Crippen LogP contribution is -2.36. The molecular weight excluding hydrogens is 350 g/mol. The molecule has 7 heteroatoms. The Morgan fingerprint density at radius 3 is 2.54 bits per heavy atom. The van der Waals surface area contributed by atoms with Gasteiger partial charge in [0.15, 0.2) is 0 Å². The molecule has 0 saturated heterocycles. The zero-order valence-electron chi connectivity index (χ0n) is 15.2. The van der Waals surface area contributed by atoms with Crippen molar-refractivity contribution < 1.29 is 13.2 Å². The molecule has 1 aromatic rings. The number of carbonyl (C=O) groups is 1. The molecule has 0 aromatic heterocycles. The highest BCUT2D eigenvalue weighted by atomic mass is 32.2. The van der Waals surface area contributed by atoms with Crippen LogP contribution in [0.5, 0.6) is 0 Å². The van der Waals surface area contributed by atoms with E-state index in [0.717, 1.165) is 17.7 Å². The van der Waals surface area contributed by atoms with Crippen molar-refractivity contribution in [2.24, 2.45) is 0 Å². The summed E-state index contributed by atoms with van der Waals surface area (Å²) in [6, 6.07) is 5.45. The first kappa shape index (κ1) is 19.3. The molecule has 1 saturated carbocycles. The Balaban J connectivity index is 1.54. The van der Waals surface area contributed by atoms with Crippen LogP contribution in [0.25, 0.3) is 0 Å². The summed E-state index contributed by atoms with van der Waals surface area (Å²) in [4.78, 5) is 11.9. The summed E-state index contributed by atoms with van der Waals surface area (Å²) in [6.45, 7) is 1.03. The number of hydrogen-bond donors (Lipinski definition) is 3. The number of aryl methyl sites for hydroxylation is 1. The first-order valence-corrected chi connectivity index (χ1v) is 11.2. The number of nitrogens with one attached hydrogen (secondary N) is 3. The average Bonchev–Trinajstić information content (AvgIpc) is 2.98. The van der Waals surface area contributed by atoms with E-state index in [1.807, 2.05) is 0 Å². The summed E-state index contributed by atoms with van der Waals surface area (Å²) < 4.78 is 27.8. The van der Waals surface area contributed by atoms with Crippen molar-refractivity contribution in [2.75, 3.05) is 18.4 Å². The van der Waals surface area contributed by atoms with E-state index >= 15 is 0 Å². The van der Waals surface area contributed by atoms with Gasteiger partial charge in [0.1, 0.15) is 0 Å². The lowest BCUT2D eigenvalue weighted by atomic mass is 10.1. The summed E-state index contributed by atoms with van der Waals surface area (Å²) in [7, 11) is -3.53. The number of carbonyl (C=O) groups excluding carboxylic acids is 1. The van der Waals surface area contributed by atoms with E-state index in [1.165, 1.54) is 38.5 Å². The standard InChI is InChI=1S/C19H29N3O3S/c23-19-9-5-6-15-14-17(10-11-18(15)22-19)26(24,25)21-13-12-20-16-7-3-1-2-4-8-16/h10-11,14,16,20-21H,1-9,12-13H2,(H,22,23). The predicted octanol–water partition coefficient (Wildman–Crippen LogP) is 2.55. The molecule has 6 nitrogen and oxygen atoms in total. The van der Waals surface area contributed by atoms with Crippen LogP contribution < -0.4 is 15.4 Å². The Kier molecular flexibility index (Phi) is 6.67. The summed E-state index contributed by atoms with van der Waals surface area (Å²) >= 11 is 0. The molecule has 0 atom stereocenters. The molecular formula is C19H29N3O3S. The summed E-state index contributed by atoms with van der Waals surface area (Å²) in [5.41, 5.74) is 1.61. The Labute approximate surface area is 156 Å². The van der Waals surface area contributed by atoms with Crippen LogP contribution in [-0.4, -0.2) is 33.5 Å². The molecule has 144 valence electrons. The van der Waals surface area contributed by atoms with Gasteiger partial charge in [-0.2, -0.15) is 0 Å². The van der Waals surface area contributed by atoms with Crippen molar-refractivity contribution in [1.82, 2.24) is 10.0 Å². The maximum Gasteiger partial charge on any atom is 0.240 e. The van der Waals surface area contributed by atoms with Gasteiger partial charge in [0.2, 0.25) is 15.9 Å². The van der Waals surface area contributed by atoms with Gasteiger partial charge in [0.25, 0.3) is 0 Å². The first-order valence-electron chi connectivity index (χ1n) is 9.70. The second-order valence-electron chi connectivity index (χ2n) is 7.26. The van der Waals surface area contributed by atoms with Gasteiger partial charge in [-0.15, -0.1) is 0 Å². The largest absolute Gasteiger partial charge is 0.326 e. The van der Waals surface area contributed by atoms with E-state index in [-0.39, 0.29) is 10.8 Å². The van der Waals surface area contributed by atoms with Crippen molar-refractivity contribution in [1.29, 1.82) is 0 Å². The molecule has 1 fully saturated rings. The molecule has 1 aliphatic carbocycles. The van der Waals surface area contributed by atoms with Crippen LogP contribution >= 0.6 is 0 Å². The third kappa shape index (κ3) is 5.28. The van der Waals surface area contributed by atoms with Crippen LogP contribution in [-0.2, 0) is 21.2 Å². The van der Waals surface area contributed by atoms with Crippen molar-refractivity contribution >= 4 is 21.6 Å². The molecule has 0 unspecified atom stereocenters. The maximum absolute atomic E-state index is 12.5. The van der Waals surface area contributed by atoms with Crippen LogP contribution in [0.2, 0.25) is 0 Å². The molecule has 3 N–H and O–H groups in total. The van der Waals surface area contributed by atoms with Gasteiger partial charge in [-0.3, -0.25) is 4.79 Å². The topological polar surface area (TPSA) is 87.3 Å². The molecule has 1 heterocycles. The second kappa shape index (κ2) is 8.97. The highest BCUT2D eigenvalue weighted by Gasteiger charge is 2.19. The molecule has 1 aliphatic heterocycles. The Hall–Kier alpha value is -1.44. The van der Waals surface area contributed by atoms with E-state index in [0.29, 0.717) is 32.0 Å². The van der Waals surface area contributed by atoms with E-state index in [2.05, 4.69) is 15.4 Å². The van der Waals surface area contributed by atoms with Crippen molar-refractivity contribution in [2.45, 2.75) is 68.7 Å². The molecule has 1 aromatic carbocycles. The molecule has 0 bridgehead atoms. The van der Waals surface area contributed by atoms with Crippen molar-refractivity contribution in [3.8, 4) is 0 Å². The number of fused-ring (bicyclic) bond motifs is 1. The fourth-order valence-electron chi connectivity index (χ4n) is 3.75. The highest BCUT2D eigenvalue weighted by Crippen LogP contribution is 2.25. The van der Waals surface area contributed by atoms with E-state index in [1.54, 1.807) is 18.2 Å². The van der Waals surface area contributed by atoms with Gasteiger partial charge < -0.3 is 10.6 Å². The first-order chi connectivity index (χ1) is 12.5. The smallest absolute Gasteiger partial charge is 0.240 e. The summed E-state index contributed by atoms with van der Waals surface area (Å²) in [5, 5.41) is 6.30. The van der Waals surface area contributed by atoms with E-state index in [4.69, 9.17) is 0 Å². The molecule has 0 spiro atoms. The lowest BCUT2D eigenvalue weighted by Gasteiger charge is -2.16. The summed E-state index contributed by atoms with van der Waals surface area (Å²) in [5.74, 6) is -0.0120. The molecule has 26 heavy (non-hydrogen) atoms. The summed E-state index contributed by atoms with van der Waals surface area (Å²) in [6.07, 6.45) is 9.42. The van der Waals surface area contributed by atoms with Crippen molar-refractivity contribution in [3.63, 3.8) is 0 Å². The third-order valence-corrected chi connectivity index (χ3v) is 6.68. The number of benzene rings is 1. The zero-order valence-corrected chi connectivity index (χ0v) is 16.0. The number of hydrogen-bond acceptors (Lipinski definition) is 4. The van der Waals surface area contributed by atoms with Crippen LogP contribution in [0.15, 0.2) is 23.1 Å². The maximum atomic E-state index is 12.5. The van der Waals surface area contributed by atoms with Crippen LogP contribution in [0.3, 0.4) is 0 Å². The van der Waals surface area contributed by atoms with Gasteiger partial charge in [-0.1, -0.05) is 25.7 Å². The third-order valence-electron chi connectivity index (χ3n) is 5.22. The normalized spacial score (nSPS) is 19.3. The Morgan fingerprint density at radius 1 is 1.00 bits per heavy atom. The predicted molar refractivity (Wildman–Crippen MR) is 103 cm³/mol. The molecule has 0 radical (unpaired) electrons. The van der Waals surface area contributed by atoms with Gasteiger partial charge in [-0.25, -0.2) is 13.1 Å². The Bertz CT molecular complexity index is 726. The minimum absolute atomic E-state index is 0.0120. The minimum Gasteiger partial charge on any atom is -0.326 e. The van der Waals surface area contributed by atoms with Crippen LogP contribution in [0.1, 0.15) is 56.9 Å². The molecule has 2 aliphatic rings.